The highest BCUT2D eigenvalue weighted by molar-refractivity contribution is 9.09. The molecule has 1 aliphatic rings. The maximum absolute atomic E-state index is 12.4. The molecule has 19 heavy (non-hydrogen) atoms. The Balaban J connectivity index is 2.07. The summed E-state index contributed by atoms with van der Waals surface area (Å²) in [5, 5.41) is 0. The van der Waals surface area contributed by atoms with E-state index in [2.05, 4.69) is 15.9 Å². The summed E-state index contributed by atoms with van der Waals surface area (Å²) in [7, 11) is -0.192. The van der Waals surface area contributed by atoms with E-state index in [9.17, 15) is 8.42 Å². The van der Waals surface area contributed by atoms with Crippen molar-refractivity contribution in [3.63, 3.8) is 0 Å². The van der Waals surface area contributed by atoms with Gasteiger partial charge in [0.15, 0.2) is 0 Å². The lowest BCUT2D eigenvalue weighted by atomic mass is 9.85. The fourth-order valence-electron chi connectivity index (χ4n) is 2.19. The van der Waals surface area contributed by atoms with Crippen LogP contribution < -0.4 is 4.74 Å². The summed E-state index contributed by atoms with van der Waals surface area (Å²) in [4.78, 5) is 0.861. The quantitative estimate of drug-likeness (QED) is 0.768. The van der Waals surface area contributed by atoms with Gasteiger partial charge in [-0.15, -0.1) is 0 Å². The third-order valence-corrected chi connectivity index (χ3v) is 6.05. The van der Waals surface area contributed by atoms with Gasteiger partial charge in [0.05, 0.1) is 12.0 Å². The molecule has 0 unspecified atom stereocenters. The van der Waals surface area contributed by atoms with Crippen molar-refractivity contribution in [2.45, 2.75) is 22.6 Å². The fourth-order valence-corrected chi connectivity index (χ4v) is 4.50. The predicted octanol–water partition coefficient (Wildman–Crippen LogP) is 2.49. The van der Waals surface area contributed by atoms with E-state index in [-0.39, 0.29) is 0 Å². The zero-order valence-electron chi connectivity index (χ0n) is 11.0. The molecule has 1 aliphatic carbocycles. The largest absolute Gasteiger partial charge is 0.497 e. The molecule has 0 radical (unpaired) electrons. The molecule has 1 aromatic carbocycles. The van der Waals surface area contributed by atoms with Crippen molar-refractivity contribution >= 4 is 26.0 Å². The zero-order chi connectivity index (χ0) is 14.0. The first-order valence-corrected chi connectivity index (χ1v) is 8.53. The number of halogens is 1. The Morgan fingerprint density at radius 1 is 1.32 bits per heavy atom. The number of rotatable bonds is 5. The summed E-state index contributed by atoms with van der Waals surface area (Å²) in [6.45, 7) is 0.580. The second-order valence-corrected chi connectivity index (χ2v) is 8.24. The Morgan fingerprint density at radius 3 is 2.37 bits per heavy atom. The Kier molecular flexibility index (Phi) is 4.53. The molecule has 0 atom stereocenters. The van der Waals surface area contributed by atoms with Crippen LogP contribution in [0.2, 0.25) is 0 Å². The van der Waals surface area contributed by atoms with Gasteiger partial charge >= 0.3 is 0 Å². The van der Waals surface area contributed by atoms with E-state index in [1.165, 1.54) is 4.31 Å². The summed E-state index contributed by atoms with van der Waals surface area (Å²) in [5.74, 6) is 1.12. The third-order valence-electron chi connectivity index (χ3n) is 3.46. The van der Waals surface area contributed by atoms with Gasteiger partial charge < -0.3 is 4.74 Å². The first kappa shape index (κ1) is 14.8. The van der Waals surface area contributed by atoms with Gasteiger partial charge in [-0.25, -0.2) is 12.7 Å². The number of alkyl halides is 1. The van der Waals surface area contributed by atoms with Gasteiger partial charge in [0.2, 0.25) is 10.0 Å². The molecule has 4 nitrogen and oxygen atoms in total. The van der Waals surface area contributed by atoms with Crippen molar-refractivity contribution in [1.29, 1.82) is 0 Å². The van der Waals surface area contributed by atoms with Gasteiger partial charge in [0.1, 0.15) is 5.75 Å². The summed E-state index contributed by atoms with van der Waals surface area (Å²) in [6, 6.07) is 6.49. The van der Waals surface area contributed by atoms with Crippen LogP contribution in [-0.2, 0) is 10.0 Å². The van der Waals surface area contributed by atoms with Crippen LogP contribution in [0.3, 0.4) is 0 Å². The Labute approximate surface area is 122 Å². The predicted molar refractivity (Wildman–Crippen MR) is 78.2 cm³/mol. The van der Waals surface area contributed by atoms with Crippen molar-refractivity contribution in [3.05, 3.63) is 24.3 Å². The van der Waals surface area contributed by atoms with Crippen LogP contribution in [0, 0.1) is 5.92 Å². The molecule has 0 heterocycles. The van der Waals surface area contributed by atoms with Crippen LogP contribution in [0.15, 0.2) is 29.2 Å². The number of ether oxygens (including phenoxy) is 1. The highest BCUT2D eigenvalue weighted by atomic mass is 79.9. The van der Waals surface area contributed by atoms with Crippen molar-refractivity contribution in [1.82, 2.24) is 4.31 Å². The summed E-state index contributed by atoms with van der Waals surface area (Å²) >= 11 is 3.52. The molecule has 6 heteroatoms. The molecule has 0 N–H and O–H groups in total. The van der Waals surface area contributed by atoms with Crippen molar-refractivity contribution in [2.75, 3.05) is 20.7 Å². The van der Waals surface area contributed by atoms with Crippen molar-refractivity contribution < 1.29 is 13.2 Å². The lowest BCUT2D eigenvalue weighted by Gasteiger charge is -2.34. The molecular formula is C13H18BrNO3S. The van der Waals surface area contributed by atoms with E-state index in [0.717, 1.165) is 12.8 Å². The SMILES string of the molecule is COc1ccc(S(=O)(=O)N(C)CC2CC(Br)C2)cc1. The molecule has 1 aromatic rings. The minimum absolute atomic E-state index is 0.311. The number of benzene rings is 1. The van der Waals surface area contributed by atoms with Crippen LogP contribution in [0.5, 0.6) is 5.75 Å². The number of sulfonamides is 1. The zero-order valence-corrected chi connectivity index (χ0v) is 13.4. The molecule has 1 fully saturated rings. The molecule has 0 bridgehead atoms. The van der Waals surface area contributed by atoms with E-state index in [1.807, 2.05) is 0 Å². The molecule has 0 amide bonds. The van der Waals surface area contributed by atoms with Gasteiger partial charge in [-0.05, 0) is 43.0 Å². The molecule has 0 saturated heterocycles. The highest BCUT2D eigenvalue weighted by Gasteiger charge is 2.31. The molecule has 0 spiro atoms. The molecule has 1 saturated carbocycles. The first-order valence-electron chi connectivity index (χ1n) is 6.18. The number of hydrogen-bond donors (Lipinski definition) is 0. The van der Waals surface area contributed by atoms with Gasteiger partial charge in [-0.1, -0.05) is 15.9 Å². The normalized spacial score (nSPS) is 23.2. The average Bonchev–Trinajstić information content (AvgIpc) is 2.36. The number of methoxy groups -OCH3 is 1. The number of hydrogen-bond acceptors (Lipinski definition) is 3. The van der Waals surface area contributed by atoms with Crippen LogP contribution >= 0.6 is 15.9 Å². The smallest absolute Gasteiger partial charge is 0.242 e. The van der Waals surface area contributed by atoms with Gasteiger partial charge in [-0.3, -0.25) is 0 Å². The minimum atomic E-state index is -3.39. The highest BCUT2D eigenvalue weighted by Crippen LogP contribution is 2.34. The molecule has 0 aromatic heterocycles. The van der Waals surface area contributed by atoms with Crippen LogP contribution in [-0.4, -0.2) is 38.3 Å². The standard InChI is InChI=1S/C13H18BrNO3S/c1-15(9-10-7-11(14)8-10)19(16,17)13-5-3-12(18-2)4-6-13/h3-6,10-11H,7-9H2,1-2H3. The molecule has 106 valence electrons. The molecule has 2 rings (SSSR count). The van der Waals surface area contributed by atoms with Crippen LogP contribution in [0.1, 0.15) is 12.8 Å². The third kappa shape index (κ3) is 3.30. The molecule has 0 aliphatic heterocycles. The summed E-state index contributed by atoms with van der Waals surface area (Å²) in [6.07, 6.45) is 2.09. The van der Waals surface area contributed by atoms with Crippen molar-refractivity contribution in [3.8, 4) is 5.75 Å². The monoisotopic (exact) mass is 347 g/mol. The van der Waals surface area contributed by atoms with E-state index >= 15 is 0 Å². The van der Waals surface area contributed by atoms with E-state index in [4.69, 9.17) is 4.74 Å². The maximum atomic E-state index is 12.4. The summed E-state index contributed by atoms with van der Waals surface area (Å²) < 4.78 is 31.2. The van der Waals surface area contributed by atoms with Crippen LogP contribution in [0.25, 0.3) is 0 Å². The lowest BCUT2D eigenvalue weighted by Crippen LogP contribution is -2.37. The Morgan fingerprint density at radius 2 is 1.89 bits per heavy atom. The maximum Gasteiger partial charge on any atom is 0.242 e. The number of nitrogens with zero attached hydrogens (tertiary/aromatic N) is 1. The van der Waals surface area contributed by atoms with Crippen molar-refractivity contribution in [2.24, 2.45) is 5.92 Å². The average molecular weight is 348 g/mol. The topological polar surface area (TPSA) is 46.6 Å². The van der Waals surface area contributed by atoms with Crippen LogP contribution in [0.4, 0.5) is 0 Å². The van der Waals surface area contributed by atoms with Gasteiger partial charge in [0, 0.05) is 18.4 Å². The van der Waals surface area contributed by atoms with E-state index in [1.54, 1.807) is 38.4 Å². The van der Waals surface area contributed by atoms with E-state index in [0.29, 0.717) is 27.9 Å². The summed E-state index contributed by atoms with van der Waals surface area (Å²) in [5.41, 5.74) is 0. The molecular weight excluding hydrogens is 330 g/mol. The Hall–Kier alpha value is -0.590. The fraction of sp³-hybridized carbons (Fsp3) is 0.538. The first-order chi connectivity index (χ1) is 8.93. The second-order valence-electron chi connectivity index (χ2n) is 4.90. The lowest BCUT2D eigenvalue weighted by molar-refractivity contribution is 0.275. The Bertz CT molecular complexity index is 523. The second kappa shape index (κ2) is 5.81. The minimum Gasteiger partial charge on any atom is -0.497 e. The van der Waals surface area contributed by atoms with Gasteiger partial charge in [0.25, 0.3) is 0 Å². The van der Waals surface area contributed by atoms with E-state index < -0.39 is 10.0 Å². The van der Waals surface area contributed by atoms with Gasteiger partial charge in [-0.2, -0.15) is 0 Å².